The molecule has 0 saturated carbocycles. The van der Waals surface area contributed by atoms with Crippen LogP contribution in [0.1, 0.15) is 34.6 Å². The molecule has 1 aliphatic rings. The monoisotopic (exact) mass is 416 g/mol. The molecule has 30 heavy (non-hydrogen) atoms. The fourth-order valence-corrected chi connectivity index (χ4v) is 4.24. The van der Waals surface area contributed by atoms with Gasteiger partial charge in [-0.1, -0.05) is 24.3 Å². The Morgan fingerprint density at radius 2 is 2.10 bits per heavy atom. The quantitative estimate of drug-likeness (QED) is 0.391. The van der Waals surface area contributed by atoms with E-state index < -0.39 is 0 Å². The van der Waals surface area contributed by atoms with Gasteiger partial charge in [-0.05, 0) is 46.8 Å². The minimum atomic E-state index is -0.262. The summed E-state index contributed by atoms with van der Waals surface area (Å²) >= 11 is 1.64. The Bertz CT molecular complexity index is 1130. The second-order valence-electron chi connectivity index (χ2n) is 7.02. The fraction of sp³-hybridized carbons (Fsp3) is 0.174. The van der Waals surface area contributed by atoms with E-state index in [0.717, 1.165) is 27.3 Å². The van der Waals surface area contributed by atoms with Crippen molar-refractivity contribution in [3.05, 3.63) is 76.0 Å². The average Bonchev–Trinajstić information content (AvgIpc) is 3.33. The number of guanidine groups is 1. The van der Waals surface area contributed by atoms with E-state index in [4.69, 9.17) is 10.5 Å². The molecule has 2 atom stereocenters. The van der Waals surface area contributed by atoms with Gasteiger partial charge >= 0.3 is 0 Å². The van der Waals surface area contributed by atoms with Gasteiger partial charge in [-0.25, -0.2) is 4.99 Å². The van der Waals surface area contributed by atoms with Crippen molar-refractivity contribution in [3.8, 4) is 22.9 Å². The number of nitriles is 1. The smallest absolute Gasteiger partial charge is 0.216 e. The van der Waals surface area contributed by atoms with Crippen LogP contribution in [0.4, 0.5) is 0 Å². The number of benzene rings is 2. The summed E-state index contributed by atoms with van der Waals surface area (Å²) in [6, 6.07) is 19.4. The molecule has 4 rings (SSSR count). The van der Waals surface area contributed by atoms with E-state index >= 15 is 0 Å². The summed E-state index contributed by atoms with van der Waals surface area (Å²) in [5.41, 5.74) is 9.45. The zero-order valence-electron chi connectivity index (χ0n) is 16.4. The lowest BCUT2D eigenvalue weighted by atomic mass is 9.92. The van der Waals surface area contributed by atoms with Crippen LogP contribution >= 0.6 is 11.3 Å². The maximum Gasteiger partial charge on any atom is 0.216 e. The highest BCUT2D eigenvalue weighted by Crippen LogP contribution is 2.45. The number of amides is 1. The van der Waals surface area contributed by atoms with Gasteiger partial charge in [-0.15, -0.1) is 11.3 Å². The normalized spacial score (nSPS) is 18.1. The van der Waals surface area contributed by atoms with Crippen LogP contribution in [0.3, 0.4) is 0 Å². The molecule has 3 aromatic rings. The number of aliphatic imine (C=N–C) groups is 1. The largest absolute Gasteiger partial charge is 0.484 e. The number of thiophene rings is 1. The molecule has 0 aliphatic carbocycles. The van der Waals surface area contributed by atoms with Gasteiger partial charge in [0.25, 0.3) is 0 Å². The van der Waals surface area contributed by atoms with Crippen molar-refractivity contribution in [1.82, 2.24) is 4.90 Å². The highest BCUT2D eigenvalue weighted by Gasteiger charge is 2.30. The lowest BCUT2D eigenvalue weighted by Gasteiger charge is -2.31. The maximum atomic E-state index is 11.1. The van der Waals surface area contributed by atoms with Crippen LogP contribution in [0.5, 0.6) is 5.75 Å². The molecule has 0 spiro atoms. The zero-order chi connectivity index (χ0) is 21.1. The molecule has 0 fully saturated rings. The Hall–Kier alpha value is -3.63. The Morgan fingerprint density at radius 1 is 1.27 bits per heavy atom. The van der Waals surface area contributed by atoms with Gasteiger partial charge in [0, 0.05) is 23.9 Å². The highest BCUT2D eigenvalue weighted by molar-refractivity contribution is 7.10. The third kappa shape index (κ3) is 3.91. The molecule has 0 unspecified atom stereocenters. The van der Waals surface area contributed by atoms with Crippen molar-refractivity contribution in [3.63, 3.8) is 0 Å². The van der Waals surface area contributed by atoms with Crippen molar-refractivity contribution in [2.24, 2.45) is 10.7 Å². The highest BCUT2D eigenvalue weighted by atomic mass is 32.1. The van der Waals surface area contributed by atoms with E-state index in [1.54, 1.807) is 24.5 Å². The van der Waals surface area contributed by atoms with Crippen LogP contribution in [-0.2, 0) is 4.79 Å². The van der Waals surface area contributed by atoms with Gasteiger partial charge in [-0.2, -0.15) is 5.26 Å². The molecule has 7 heteroatoms. The molecule has 1 amide bonds. The lowest BCUT2D eigenvalue weighted by molar-refractivity contribution is -0.114. The van der Waals surface area contributed by atoms with Crippen molar-refractivity contribution >= 4 is 23.7 Å². The summed E-state index contributed by atoms with van der Waals surface area (Å²) in [7, 11) is 1.58. The summed E-state index contributed by atoms with van der Waals surface area (Å²) in [5, 5.41) is 11.2. The molecule has 1 aromatic heterocycles. The molecular formula is C23H20N4O2S. The Labute approximate surface area is 178 Å². The van der Waals surface area contributed by atoms with Crippen molar-refractivity contribution in [1.29, 1.82) is 5.26 Å². The number of hydrogen-bond donors (Lipinski definition) is 1. The van der Waals surface area contributed by atoms with Crippen molar-refractivity contribution < 1.29 is 9.53 Å². The first kappa shape index (κ1) is 19.7. The van der Waals surface area contributed by atoms with Crippen LogP contribution in [0.2, 0.25) is 0 Å². The first-order valence-electron chi connectivity index (χ1n) is 9.45. The number of rotatable bonds is 4. The zero-order valence-corrected chi connectivity index (χ0v) is 17.2. The predicted octanol–water partition coefficient (Wildman–Crippen LogP) is 4.25. The SMILES string of the molecule is CN(C=O)C(N)=N[C@H]1C[C@@H](c2cccs2)Oc2ccc(-c3cccc(C#N)c3)cc21. The number of ether oxygens (including phenoxy) is 1. The van der Waals surface area contributed by atoms with E-state index in [9.17, 15) is 10.1 Å². The van der Waals surface area contributed by atoms with Crippen molar-refractivity contribution in [2.45, 2.75) is 18.6 Å². The standard InChI is InChI=1S/C23H20N4O2S/c1-27(14-28)23(25)26-19-12-21(22-6-3-9-30-22)29-20-8-7-17(11-18(19)20)16-5-2-4-15(10-16)13-24/h2-11,14,19,21H,12H2,1H3,(H2,25,26)/t19-,21-/m0/s1. The van der Waals surface area contributed by atoms with E-state index in [1.165, 1.54) is 4.90 Å². The number of carbonyl (C=O) groups excluding carboxylic acids is 1. The first-order valence-corrected chi connectivity index (χ1v) is 10.3. The number of nitrogens with zero attached hydrogens (tertiary/aromatic N) is 3. The molecule has 2 aromatic carbocycles. The summed E-state index contributed by atoms with van der Waals surface area (Å²) in [5.74, 6) is 0.903. The van der Waals surface area contributed by atoms with Crippen molar-refractivity contribution in [2.75, 3.05) is 7.05 Å². The second kappa shape index (κ2) is 8.39. The Balaban J connectivity index is 1.77. The summed E-state index contributed by atoms with van der Waals surface area (Å²) in [4.78, 5) is 18.1. The number of nitrogens with two attached hydrogens (primary N) is 1. The Morgan fingerprint density at radius 3 is 2.83 bits per heavy atom. The summed E-state index contributed by atoms with van der Waals surface area (Å²) in [6.45, 7) is 0. The molecule has 6 nitrogen and oxygen atoms in total. The number of hydrogen-bond acceptors (Lipinski definition) is 5. The number of fused-ring (bicyclic) bond motifs is 1. The molecule has 1 aliphatic heterocycles. The van der Waals surface area contributed by atoms with Gasteiger partial charge < -0.3 is 10.5 Å². The van der Waals surface area contributed by atoms with E-state index in [0.29, 0.717) is 18.4 Å². The number of carbonyl (C=O) groups is 1. The lowest BCUT2D eigenvalue weighted by Crippen LogP contribution is -2.33. The topological polar surface area (TPSA) is 91.7 Å². The van der Waals surface area contributed by atoms with Gasteiger partial charge in [0.05, 0.1) is 17.7 Å². The van der Waals surface area contributed by atoms with Gasteiger partial charge in [0.2, 0.25) is 6.41 Å². The van der Waals surface area contributed by atoms with Gasteiger partial charge in [-0.3, -0.25) is 9.69 Å². The maximum absolute atomic E-state index is 11.1. The minimum absolute atomic E-state index is 0.131. The molecule has 0 bridgehead atoms. The Kier molecular flexibility index (Phi) is 5.50. The van der Waals surface area contributed by atoms with Crippen LogP contribution in [-0.4, -0.2) is 24.3 Å². The fourth-order valence-electron chi connectivity index (χ4n) is 3.47. The molecular weight excluding hydrogens is 396 g/mol. The molecule has 2 N–H and O–H groups in total. The third-order valence-electron chi connectivity index (χ3n) is 5.07. The van der Waals surface area contributed by atoms with E-state index in [2.05, 4.69) is 11.1 Å². The molecule has 0 radical (unpaired) electrons. The summed E-state index contributed by atoms with van der Waals surface area (Å²) < 4.78 is 6.28. The van der Waals surface area contributed by atoms with Crippen LogP contribution in [0, 0.1) is 11.3 Å². The second-order valence-corrected chi connectivity index (χ2v) is 8.00. The van der Waals surface area contributed by atoms with Gasteiger partial charge in [0.1, 0.15) is 11.9 Å². The van der Waals surface area contributed by atoms with Crippen LogP contribution in [0.15, 0.2) is 65.0 Å². The molecule has 2 heterocycles. The van der Waals surface area contributed by atoms with Crippen LogP contribution in [0.25, 0.3) is 11.1 Å². The summed E-state index contributed by atoms with van der Waals surface area (Å²) in [6.07, 6.45) is 1.12. The van der Waals surface area contributed by atoms with E-state index in [-0.39, 0.29) is 18.1 Å². The van der Waals surface area contributed by atoms with Gasteiger partial charge in [0.15, 0.2) is 5.96 Å². The minimum Gasteiger partial charge on any atom is -0.484 e. The van der Waals surface area contributed by atoms with E-state index in [1.807, 2.05) is 53.9 Å². The van der Waals surface area contributed by atoms with Crippen LogP contribution < -0.4 is 10.5 Å². The molecule has 150 valence electrons. The third-order valence-corrected chi connectivity index (χ3v) is 6.03. The molecule has 0 saturated heterocycles. The first-order chi connectivity index (χ1) is 14.6. The predicted molar refractivity (Wildman–Crippen MR) is 117 cm³/mol. The average molecular weight is 417 g/mol.